The molecule has 1 aromatic rings. The molecule has 0 fully saturated rings. The van der Waals surface area contributed by atoms with Gasteiger partial charge in [0, 0.05) is 12.7 Å². The van der Waals surface area contributed by atoms with Gasteiger partial charge in [0.05, 0.1) is 6.61 Å². The number of hydrogen-bond donors (Lipinski definition) is 0. The number of alkyl halides is 3. The summed E-state index contributed by atoms with van der Waals surface area (Å²) in [6.45, 7) is 1.43. The highest BCUT2D eigenvalue weighted by Gasteiger charge is 2.29. The Kier molecular flexibility index (Phi) is 4.04. The highest BCUT2D eigenvalue weighted by Crippen LogP contribution is 2.22. The van der Waals surface area contributed by atoms with Gasteiger partial charge >= 0.3 is 6.18 Å². The summed E-state index contributed by atoms with van der Waals surface area (Å²) in [5.41, 5.74) is 0.515. The van der Waals surface area contributed by atoms with E-state index in [1.807, 2.05) is 6.92 Å². The molecule has 0 spiro atoms. The van der Waals surface area contributed by atoms with Gasteiger partial charge in [0.15, 0.2) is 0 Å². The Hall–Kier alpha value is -1.39. The smallest absolute Gasteiger partial charge is 0.405 e. The van der Waals surface area contributed by atoms with E-state index in [9.17, 15) is 13.2 Å². The van der Waals surface area contributed by atoms with Gasteiger partial charge < -0.3 is 9.64 Å². The Labute approximate surface area is 92.6 Å². The minimum atomic E-state index is -4.19. The normalized spacial score (nSPS) is 11.3. The Morgan fingerprint density at radius 2 is 1.75 bits per heavy atom. The molecular formula is C11H14F3NO. The van der Waals surface area contributed by atoms with E-state index in [2.05, 4.69) is 0 Å². The Morgan fingerprint density at radius 3 is 2.19 bits per heavy atom. The molecule has 0 aromatic heterocycles. The second kappa shape index (κ2) is 5.09. The van der Waals surface area contributed by atoms with Gasteiger partial charge in [-0.25, -0.2) is 0 Å². The van der Waals surface area contributed by atoms with Crippen LogP contribution in [-0.4, -0.2) is 26.4 Å². The van der Waals surface area contributed by atoms with Crippen molar-refractivity contribution in [3.05, 3.63) is 24.3 Å². The van der Waals surface area contributed by atoms with Crippen molar-refractivity contribution < 1.29 is 17.9 Å². The van der Waals surface area contributed by atoms with Crippen LogP contribution >= 0.6 is 0 Å². The molecule has 5 heteroatoms. The molecule has 0 aliphatic heterocycles. The molecule has 90 valence electrons. The molecule has 0 N–H and O–H groups in total. The number of rotatable bonds is 4. The Morgan fingerprint density at radius 1 is 1.19 bits per heavy atom. The second-order valence-electron chi connectivity index (χ2n) is 3.40. The van der Waals surface area contributed by atoms with Crippen LogP contribution in [0.2, 0.25) is 0 Å². The van der Waals surface area contributed by atoms with Gasteiger partial charge in [-0.3, -0.25) is 0 Å². The summed E-state index contributed by atoms with van der Waals surface area (Å²) in [4.78, 5) is 1.15. The zero-order valence-corrected chi connectivity index (χ0v) is 9.21. The number of nitrogens with zero attached hydrogens (tertiary/aromatic N) is 1. The third kappa shape index (κ3) is 4.00. The molecule has 0 amide bonds. The lowest BCUT2D eigenvalue weighted by molar-refractivity contribution is -0.119. The summed E-state index contributed by atoms with van der Waals surface area (Å²) in [5.74, 6) is 0.659. The van der Waals surface area contributed by atoms with E-state index in [4.69, 9.17) is 4.74 Å². The first-order valence-electron chi connectivity index (χ1n) is 4.93. The van der Waals surface area contributed by atoms with E-state index >= 15 is 0 Å². The quantitative estimate of drug-likeness (QED) is 0.792. The fourth-order valence-electron chi connectivity index (χ4n) is 1.32. The standard InChI is InChI=1S/C11H14F3NO/c1-3-16-10-6-4-9(5-7-10)15(2)8-11(12,13)14/h4-7H,3,8H2,1-2H3. The zero-order valence-electron chi connectivity index (χ0n) is 9.21. The van der Waals surface area contributed by atoms with Gasteiger partial charge in [0.2, 0.25) is 0 Å². The molecule has 0 radical (unpaired) electrons. The van der Waals surface area contributed by atoms with E-state index in [0.717, 1.165) is 4.90 Å². The highest BCUT2D eigenvalue weighted by atomic mass is 19.4. The Balaban J connectivity index is 2.66. The lowest BCUT2D eigenvalue weighted by Crippen LogP contribution is -2.30. The summed E-state index contributed by atoms with van der Waals surface area (Å²) in [6.07, 6.45) is -4.19. The highest BCUT2D eigenvalue weighted by molar-refractivity contribution is 5.48. The van der Waals surface area contributed by atoms with Crippen LogP contribution in [-0.2, 0) is 0 Å². The van der Waals surface area contributed by atoms with Crippen LogP contribution in [0.15, 0.2) is 24.3 Å². The fourth-order valence-corrected chi connectivity index (χ4v) is 1.32. The van der Waals surface area contributed by atoms with E-state index in [-0.39, 0.29) is 0 Å². The molecule has 1 aromatic carbocycles. The predicted octanol–water partition coefficient (Wildman–Crippen LogP) is 3.08. The summed E-state index contributed by atoms with van der Waals surface area (Å²) >= 11 is 0. The first kappa shape index (κ1) is 12.7. The summed E-state index contributed by atoms with van der Waals surface area (Å²) in [6, 6.07) is 6.53. The molecule has 0 saturated heterocycles. The first-order valence-corrected chi connectivity index (χ1v) is 4.93. The Bertz CT molecular complexity index is 321. The number of halogens is 3. The van der Waals surface area contributed by atoms with Crippen molar-refractivity contribution in [3.63, 3.8) is 0 Å². The van der Waals surface area contributed by atoms with Crippen LogP contribution in [0.1, 0.15) is 6.92 Å². The minimum Gasteiger partial charge on any atom is -0.494 e. The summed E-state index contributed by atoms with van der Waals surface area (Å²) in [7, 11) is 1.41. The summed E-state index contributed by atoms with van der Waals surface area (Å²) in [5, 5.41) is 0. The van der Waals surface area contributed by atoms with Gasteiger partial charge in [-0.2, -0.15) is 13.2 Å². The molecule has 0 aliphatic carbocycles. The van der Waals surface area contributed by atoms with E-state index < -0.39 is 12.7 Å². The maximum Gasteiger partial charge on any atom is 0.405 e. The third-order valence-corrected chi connectivity index (χ3v) is 2.00. The van der Waals surface area contributed by atoms with Gasteiger partial charge in [-0.1, -0.05) is 0 Å². The first-order chi connectivity index (χ1) is 7.42. The van der Waals surface area contributed by atoms with E-state index in [1.165, 1.54) is 7.05 Å². The molecule has 0 saturated carbocycles. The SMILES string of the molecule is CCOc1ccc(N(C)CC(F)(F)F)cc1. The van der Waals surface area contributed by atoms with Crippen LogP contribution in [0.4, 0.5) is 18.9 Å². The monoisotopic (exact) mass is 233 g/mol. The predicted molar refractivity (Wildman–Crippen MR) is 56.9 cm³/mol. The van der Waals surface area contributed by atoms with Crippen LogP contribution in [0.25, 0.3) is 0 Å². The van der Waals surface area contributed by atoms with Gasteiger partial charge in [0.25, 0.3) is 0 Å². The van der Waals surface area contributed by atoms with Crippen LogP contribution in [0, 0.1) is 0 Å². The average Bonchev–Trinajstić information content (AvgIpc) is 2.16. The lowest BCUT2D eigenvalue weighted by Gasteiger charge is -2.21. The molecule has 0 bridgehead atoms. The summed E-state index contributed by atoms with van der Waals surface area (Å²) < 4.78 is 41.6. The van der Waals surface area contributed by atoms with Crippen molar-refractivity contribution >= 4 is 5.69 Å². The number of anilines is 1. The van der Waals surface area contributed by atoms with Crippen molar-refractivity contribution in [2.45, 2.75) is 13.1 Å². The minimum absolute atomic E-state index is 0.515. The van der Waals surface area contributed by atoms with Crippen molar-refractivity contribution in [1.29, 1.82) is 0 Å². The van der Waals surface area contributed by atoms with E-state index in [0.29, 0.717) is 18.0 Å². The van der Waals surface area contributed by atoms with Crippen LogP contribution in [0.5, 0.6) is 5.75 Å². The van der Waals surface area contributed by atoms with Crippen molar-refractivity contribution in [2.75, 3.05) is 25.1 Å². The zero-order chi connectivity index (χ0) is 12.2. The van der Waals surface area contributed by atoms with Crippen molar-refractivity contribution in [1.82, 2.24) is 0 Å². The molecule has 0 unspecified atom stereocenters. The molecule has 1 rings (SSSR count). The molecule has 0 aliphatic rings. The van der Waals surface area contributed by atoms with Crippen LogP contribution < -0.4 is 9.64 Å². The maximum absolute atomic E-state index is 12.1. The number of hydrogen-bond acceptors (Lipinski definition) is 2. The van der Waals surface area contributed by atoms with Gasteiger partial charge in [0.1, 0.15) is 12.3 Å². The molecule has 0 atom stereocenters. The van der Waals surface area contributed by atoms with Crippen molar-refractivity contribution in [3.8, 4) is 5.75 Å². The van der Waals surface area contributed by atoms with Crippen molar-refractivity contribution in [2.24, 2.45) is 0 Å². The largest absolute Gasteiger partial charge is 0.494 e. The fraction of sp³-hybridized carbons (Fsp3) is 0.455. The van der Waals surface area contributed by atoms with Gasteiger partial charge in [-0.05, 0) is 31.2 Å². The maximum atomic E-state index is 12.1. The second-order valence-corrected chi connectivity index (χ2v) is 3.40. The molecule has 2 nitrogen and oxygen atoms in total. The third-order valence-electron chi connectivity index (χ3n) is 2.00. The lowest BCUT2D eigenvalue weighted by atomic mass is 10.3. The topological polar surface area (TPSA) is 12.5 Å². The number of benzene rings is 1. The number of ether oxygens (including phenoxy) is 1. The molecule has 16 heavy (non-hydrogen) atoms. The van der Waals surface area contributed by atoms with Gasteiger partial charge in [-0.15, -0.1) is 0 Å². The molecule has 0 heterocycles. The van der Waals surface area contributed by atoms with E-state index in [1.54, 1.807) is 24.3 Å². The average molecular weight is 233 g/mol. The van der Waals surface area contributed by atoms with Crippen LogP contribution in [0.3, 0.4) is 0 Å². The molecular weight excluding hydrogens is 219 g/mol.